The van der Waals surface area contributed by atoms with Gasteiger partial charge in [0.1, 0.15) is 0 Å². The van der Waals surface area contributed by atoms with Crippen LogP contribution in [0.5, 0.6) is 0 Å². The number of aryl methyl sites for hydroxylation is 1. The fourth-order valence-corrected chi connectivity index (χ4v) is 2.97. The standard InChI is InChI=1S/C19H26N4O/c1-13-11-14(23-9-5-6-10-23)7-8-15(13)20-18(24)16-12-17(22-21-16)19(2,3)4/h7-8,11-12H,5-6,9-10H2,1-4H3,(H,20,24)(H,21,22). The van der Waals surface area contributed by atoms with Crippen LogP contribution in [0.25, 0.3) is 0 Å². The van der Waals surface area contributed by atoms with Gasteiger partial charge in [-0.1, -0.05) is 20.8 Å². The van der Waals surface area contributed by atoms with E-state index in [9.17, 15) is 4.79 Å². The zero-order chi connectivity index (χ0) is 17.3. The van der Waals surface area contributed by atoms with Crippen LogP contribution in [0.2, 0.25) is 0 Å². The molecule has 2 N–H and O–H groups in total. The minimum Gasteiger partial charge on any atom is -0.372 e. The number of carbonyl (C=O) groups is 1. The van der Waals surface area contributed by atoms with Gasteiger partial charge in [0.15, 0.2) is 5.69 Å². The maximum atomic E-state index is 12.4. The number of aromatic amines is 1. The van der Waals surface area contributed by atoms with Gasteiger partial charge in [0.05, 0.1) is 0 Å². The van der Waals surface area contributed by atoms with E-state index in [1.807, 2.05) is 19.1 Å². The molecule has 1 aromatic heterocycles. The lowest BCUT2D eigenvalue weighted by atomic mass is 9.92. The Kier molecular flexibility index (Phi) is 4.35. The molecule has 2 aromatic rings. The second-order valence-corrected chi connectivity index (χ2v) is 7.56. The summed E-state index contributed by atoms with van der Waals surface area (Å²) in [6.07, 6.45) is 2.51. The van der Waals surface area contributed by atoms with E-state index in [0.29, 0.717) is 5.69 Å². The van der Waals surface area contributed by atoms with E-state index in [4.69, 9.17) is 0 Å². The first kappa shape index (κ1) is 16.6. The zero-order valence-electron chi connectivity index (χ0n) is 14.9. The predicted octanol–water partition coefficient (Wildman–Crippen LogP) is 3.87. The van der Waals surface area contributed by atoms with E-state index in [0.717, 1.165) is 30.0 Å². The molecule has 1 aromatic carbocycles. The van der Waals surface area contributed by atoms with E-state index >= 15 is 0 Å². The molecule has 1 amide bonds. The van der Waals surface area contributed by atoms with Crippen LogP contribution in [-0.2, 0) is 5.41 Å². The number of carbonyl (C=O) groups excluding carboxylic acids is 1. The third-order valence-electron chi connectivity index (χ3n) is 4.55. The number of benzene rings is 1. The summed E-state index contributed by atoms with van der Waals surface area (Å²) >= 11 is 0. The molecule has 5 heteroatoms. The van der Waals surface area contributed by atoms with Crippen molar-refractivity contribution in [3.8, 4) is 0 Å². The van der Waals surface area contributed by atoms with Gasteiger partial charge in [-0.15, -0.1) is 0 Å². The number of amides is 1. The van der Waals surface area contributed by atoms with Crippen molar-refractivity contribution in [3.63, 3.8) is 0 Å². The van der Waals surface area contributed by atoms with Gasteiger partial charge in [0.25, 0.3) is 5.91 Å². The molecule has 1 aliphatic rings. The maximum Gasteiger partial charge on any atom is 0.276 e. The molecule has 24 heavy (non-hydrogen) atoms. The van der Waals surface area contributed by atoms with Crippen molar-refractivity contribution < 1.29 is 4.79 Å². The summed E-state index contributed by atoms with van der Waals surface area (Å²) in [5.41, 5.74) is 4.45. The molecule has 0 radical (unpaired) electrons. The van der Waals surface area contributed by atoms with E-state index in [1.165, 1.54) is 18.5 Å². The summed E-state index contributed by atoms with van der Waals surface area (Å²) < 4.78 is 0. The number of hydrogen-bond donors (Lipinski definition) is 2. The second kappa shape index (κ2) is 6.30. The van der Waals surface area contributed by atoms with E-state index in [1.54, 1.807) is 0 Å². The molecule has 5 nitrogen and oxygen atoms in total. The highest BCUT2D eigenvalue weighted by Crippen LogP contribution is 2.26. The van der Waals surface area contributed by atoms with Gasteiger partial charge in [-0.3, -0.25) is 9.89 Å². The van der Waals surface area contributed by atoms with Crippen LogP contribution in [0, 0.1) is 6.92 Å². The first-order valence-corrected chi connectivity index (χ1v) is 8.57. The summed E-state index contributed by atoms with van der Waals surface area (Å²) in [5, 5.41) is 10.1. The van der Waals surface area contributed by atoms with Crippen molar-refractivity contribution in [2.75, 3.05) is 23.3 Å². The molecule has 128 valence electrons. The number of nitrogens with zero attached hydrogens (tertiary/aromatic N) is 2. The van der Waals surface area contributed by atoms with Crippen molar-refractivity contribution >= 4 is 17.3 Å². The van der Waals surface area contributed by atoms with Crippen LogP contribution >= 0.6 is 0 Å². The normalized spacial score (nSPS) is 14.9. The average Bonchev–Trinajstić information content (AvgIpc) is 3.20. The fourth-order valence-electron chi connectivity index (χ4n) is 2.97. The van der Waals surface area contributed by atoms with Crippen LogP contribution < -0.4 is 10.2 Å². The van der Waals surface area contributed by atoms with Gasteiger partial charge in [-0.05, 0) is 49.6 Å². The monoisotopic (exact) mass is 326 g/mol. The molecule has 2 heterocycles. The lowest BCUT2D eigenvalue weighted by Gasteiger charge is -2.19. The van der Waals surface area contributed by atoms with E-state index in [2.05, 4.69) is 53.3 Å². The van der Waals surface area contributed by atoms with Crippen molar-refractivity contribution in [1.29, 1.82) is 0 Å². The Labute approximate surface area is 143 Å². The molecule has 0 bridgehead atoms. The number of anilines is 2. The second-order valence-electron chi connectivity index (χ2n) is 7.56. The summed E-state index contributed by atoms with van der Waals surface area (Å²) in [6.45, 7) is 10.5. The van der Waals surface area contributed by atoms with Gasteiger partial charge in [0.2, 0.25) is 0 Å². The molecule has 1 saturated heterocycles. The molecular formula is C19H26N4O. The Morgan fingerprint density at radius 1 is 1.21 bits per heavy atom. The summed E-state index contributed by atoms with van der Waals surface area (Å²) in [4.78, 5) is 14.8. The van der Waals surface area contributed by atoms with Crippen molar-refractivity contribution in [3.05, 3.63) is 41.2 Å². The third kappa shape index (κ3) is 3.45. The molecule has 3 rings (SSSR count). The van der Waals surface area contributed by atoms with Gasteiger partial charge in [-0.25, -0.2) is 0 Å². The molecule has 0 unspecified atom stereocenters. The van der Waals surface area contributed by atoms with E-state index in [-0.39, 0.29) is 11.3 Å². The highest BCUT2D eigenvalue weighted by molar-refractivity contribution is 6.03. The van der Waals surface area contributed by atoms with Crippen LogP contribution in [0.3, 0.4) is 0 Å². The third-order valence-corrected chi connectivity index (χ3v) is 4.55. The molecule has 0 spiro atoms. The Balaban J connectivity index is 1.73. The largest absolute Gasteiger partial charge is 0.372 e. The van der Waals surface area contributed by atoms with Gasteiger partial charge in [0, 0.05) is 35.6 Å². The van der Waals surface area contributed by atoms with Gasteiger partial charge >= 0.3 is 0 Å². The molecular weight excluding hydrogens is 300 g/mol. The molecule has 0 atom stereocenters. The highest BCUT2D eigenvalue weighted by Gasteiger charge is 2.20. The lowest BCUT2D eigenvalue weighted by Crippen LogP contribution is -2.18. The van der Waals surface area contributed by atoms with Gasteiger partial charge in [-0.2, -0.15) is 5.10 Å². The SMILES string of the molecule is Cc1cc(N2CCCC2)ccc1NC(=O)c1cc(C(C)(C)C)[nH]n1. The van der Waals surface area contributed by atoms with Crippen LogP contribution in [-0.4, -0.2) is 29.2 Å². The van der Waals surface area contributed by atoms with Crippen LogP contribution in [0.1, 0.15) is 55.4 Å². The maximum absolute atomic E-state index is 12.4. The number of rotatable bonds is 3. The number of nitrogens with one attached hydrogen (secondary N) is 2. The van der Waals surface area contributed by atoms with Crippen molar-refractivity contribution in [2.24, 2.45) is 0 Å². The minimum atomic E-state index is -0.182. The quantitative estimate of drug-likeness (QED) is 0.900. The first-order valence-electron chi connectivity index (χ1n) is 8.57. The fraction of sp³-hybridized carbons (Fsp3) is 0.474. The smallest absolute Gasteiger partial charge is 0.276 e. The molecule has 1 aliphatic heterocycles. The van der Waals surface area contributed by atoms with E-state index < -0.39 is 0 Å². The number of H-pyrrole nitrogens is 1. The summed E-state index contributed by atoms with van der Waals surface area (Å²) in [5.74, 6) is -0.182. The Hall–Kier alpha value is -2.30. The predicted molar refractivity (Wildman–Crippen MR) is 97.9 cm³/mol. The average molecular weight is 326 g/mol. The first-order chi connectivity index (χ1) is 11.3. The van der Waals surface area contributed by atoms with Gasteiger partial charge < -0.3 is 10.2 Å². The molecule has 1 fully saturated rings. The van der Waals surface area contributed by atoms with Crippen molar-refractivity contribution in [1.82, 2.24) is 10.2 Å². The topological polar surface area (TPSA) is 61.0 Å². The zero-order valence-corrected chi connectivity index (χ0v) is 14.9. The lowest BCUT2D eigenvalue weighted by molar-refractivity contribution is 0.102. The number of aromatic nitrogens is 2. The summed E-state index contributed by atoms with van der Waals surface area (Å²) in [7, 11) is 0. The minimum absolute atomic E-state index is 0.0567. The summed E-state index contributed by atoms with van der Waals surface area (Å²) in [6, 6.07) is 8.03. The highest BCUT2D eigenvalue weighted by atomic mass is 16.1. The Morgan fingerprint density at radius 3 is 2.50 bits per heavy atom. The van der Waals surface area contributed by atoms with Crippen LogP contribution in [0.4, 0.5) is 11.4 Å². The number of hydrogen-bond acceptors (Lipinski definition) is 3. The molecule has 0 aliphatic carbocycles. The Morgan fingerprint density at radius 2 is 1.92 bits per heavy atom. The molecule has 0 saturated carbocycles. The van der Waals surface area contributed by atoms with Crippen LogP contribution in [0.15, 0.2) is 24.3 Å². The Bertz CT molecular complexity index is 736. The van der Waals surface area contributed by atoms with Crippen molar-refractivity contribution in [2.45, 2.75) is 46.0 Å².